The number of halogens is 2. The number of benzene rings is 1. The second kappa shape index (κ2) is 5.59. The molecule has 0 spiro atoms. The number of alkyl halides is 1. The molecule has 0 N–H and O–H groups in total. The summed E-state index contributed by atoms with van der Waals surface area (Å²) in [4.78, 5) is 4.86. The van der Waals surface area contributed by atoms with Crippen molar-refractivity contribution in [2.24, 2.45) is 0 Å². The highest BCUT2D eigenvalue weighted by Gasteiger charge is 2.23. The van der Waals surface area contributed by atoms with Gasteiger partial charge in [-0.15, -0.1) is 0 Å². The molecule has 1 aliphatic heterocycles. The van der Waals surface area contributed by atoms with Gasteiger partial charge >= 0.3 is 0 Å². The number of likely N-dealkylation sites (N-methyl/N-ethyl adjacent to an activating group) is 1. The molecule has 2 nitrogen and oxygen atoms in total. The number of hydrogen-bond acceptors (Lipinski definition) is 2. The van der Waals surface area contributed by atoms with Gasteiger partial charge in [0.2, 0.25) is 0 Å². The maximum atomic E-state index is 6.05. The molecule has 1 aromatic carbocycles. The predicted molar refractivity (Wildman–Crippen MR) is 78.4 cm³/mol. The molecular weight excluding hydrogens is 300 g/mol. The Hall–Kier alpha value is -0.250. The number of rotatable bonds is 2. The molecule has 0 aromatic heterocycles. The lowest BCUT2D eigenvalue weighted by atomic mass is 10.1. The lowest BCUT2D eigenvalue weighted by molar-refractivity contribution is 0.275. The first-order valence-electron chi connectivity index (χ1n) is 5.91. The van der Waals surface area contributed by atoms with E-state index < -0.39 is 0 Å². The smallest absolute Gasteiger partial charge is 0.0411 e. The first kappa shape index (κ1) is 13.2. The molecule has 0 aliphatic carbocycles. The Labute approximate surface area is 117 Å². The summed E-state index contributed by atoms with van der Waals surface area (Å²) in [6.45, 7) is 5.60. The van der Waals surface area contributed by atoms with E-state index in [1.807, 2.05) is 6.07 Å². The highest BCUT2D eigenvalue weighted by molar-refractivity contribution is 9.08. The molecular formula is C13H18BrClN2. The van der Waals surface area contributed by atoms with Crippen LogP contribution in [0.4, 0.5) is 5.69 Å². The number of hydrogen-bond donors (Lipinski definition) is 0. The molecule has 0 saturated carbocycles. The first-order chi connectivity index (χ1) is 8.11. The zero-order chi connectivity index (χ0) is 12.4. The van der Waals surface area contributed by atoms with Crippen molar-refractivity contribution in [2.45, 2.75) is 18.3 Å². The van der Waals surface area contributed by atoms with E-state index in [0.717, 1.165) is 30.0 Å². The molecule has 1 unspecified atom stereocenters. The van der Waals surface area contributed by atoms with Gasteiger partial charge in [-0.2, -0.15) is 0 Å². The molecule has 1 atom stereocenters. The van der Waals surface area contributed by atoms with E-state index in [0.29, 0.717) is 6.04 Å². The van der Waals surface area contributed by atoms with Crippen molar-refractivity contribution in [3.8, 4) is 0 Å². The zero-order valence-electron chi connectivity index (χ0n) is 10.3. The lowest BCUT2D eigenvalue weighted by Crippen LogP contribution is -2.50. The minimum absolute atomic E-state index is 0.549. The highest BCUT2D eigenvalue weighted by Crippen LogP contribution is 2.28. The van der Waals surface area contributed by atoms with Crippen LogP contribution >= 0.6 is 27.5 Å². The van der Waals surface area contributed by atoms with Crippen LogP contribution in [0, 0.1) is 0 Å². The molecule has 1 saturated heterocycles. The minimum atomic E-state index is 0.549. The molecule has 1 fully saturated rings. The number of piperazine rings is 1. The topological polar surface area (TPSA) is 6.48 Å². The van der Waals surface area contributed by atoms with Crippen molar-refractivity contribution in [3.63, 3.8) is 0 Å². The minimum Gasteiger partial charge on any atom is -0.366 e. The van der Waals surface area contributed by atoms with E-state index in [2.05, 4.69) is 51.8 Å². The van der Waals surface area contributed by atoms with E-state index in [9.17, 15) is 0 Å². The van der Waals surface area contributed by atoms with Crippen LogP contribution < -0.4 is 4.90 Å². The van der Waals surface area contributed by atoms with Crippen LogP contribution in [0.5, 0.6) is 0 Å². The summed E-state index contributed by atoms with van der Waals surface area (Å²) in [5.74, 6) is 0. The van der Waals surface area contributed by atoms with Crippen molar-refractivity contribution in [2.75, 3.05) is 31.6 Å². The Morgan fingerprint density at radius 3 is 2.82 bits per heavy atom. The lowest BCUT2D eigenvalue weighted by Gasteiger charge is -2.40. The first-order valence-corrected chi connectivity index (χ1v) is 7.41. The average Bonchev–Trinajstić information content (AvgIpc) is 2.30. The summed E-state index contributed by atoms with van der Waals surface area (Å²) >= 11 is 9.59. The van der Waals surface area contributed by atoms with Gasteiger partial charge in [-0.3, -0.25) is 0 Å². The summed E-state index contributed by atoms with van der Waals surface area (Å²) in [5.41, 5.74) is 2.58. The standard InChI is InChI=1S/C13H18BrClN2/c1-10-9-16(2)5-6-17(10)13-4-3-12(15)7-11(13)8-14/h3-4,7,10H,5-6,8-9H2,1-2H3. The van der Waals surface area contributed by atoms with Crippen LogP contribution in [0.15, 0.2) is 18.2 Å². The zero-order valence-corrected chi connectivity index (χ0v) is 12.6. The molecule has 0 bridgehead atoms. The third kappa shape index (κ3) is 2.95. The van der Waals surface area contributed by atoms with Crippen molar-refractivity contribution >= 4 is 33.2 Å². The summed E-state index contributed by atoms with van der Waals surface area (Å²) in [6, 6.07) is 6.72. The Morgan fingerprint density at radius 2 is 2.18 bits per heavy atom. The second-order valence-electron chi connectivity index (χ2n) is 4.71. The Balaban J connectivity index is 2.27. The van der Waals surface area contributed by atoms with Gasteiger partial charge in [0.15, 0.2) is 0 Å². The summed E-state index contributed by atoms with van der Waals surface area (Å²) in [6.07, 6.45) is 0. The maximum Gasteiger partial charge on any atom is 0.0411 e. The summed E-state index contributed by atoms with van der Waals surface area (Å²) < 4.78 is 0. The summed E-state index contributed by atoms with van der Waals surface area (Å²) in [5, 5.41) is 1.66. The van der Waals surface area contributed by atoms with Gasteiger partial charge in [0, 0.05) is 41.7 Å². The molecule has 0 radical (unpaired) electrons. The molecule has 2 rings (SSSR count). The fraction of sp³-hybridized carbons (Fsp3) is 0.538. The van der Waals surface area contributed by atoms with E-state index in [1.54, 1.807) is 0 Å². The van der Waals surface area contributed by atoms with Crippen LogP contribution in [0.1, 0.15) is 12.5 Å². The Kier molecular flexibility index (Phi) is 4.34. The normalized spacial score (nSPS) is 21.9. The van der Waals surface area contributed by atoms with Crippen LogP contribution in [0.25, 0.3) is 0 Å². The van der Waals surface area contributed by atoms with Crippen LogP contribution in [0.3, 0.4) is 0 Å². The van der Waals surface area contributed by atoms with Crippen molar-refractivity contribution in [1.29, 1.82) is 0 Å². The predicted octanol–water partition coefficient (Wildman–Crippen LogP) is 3.38. The van der Waals surface area contributed by atoms with Gasteiger partial charge in [0.1, 0.15) is 0 Å². The van der Waals surface area contributed by atoms with Gasteiger partial charge in [-0.25, -0.2) is 0 Å². The molecule has 4 heteroatoms. The third-order valence-electron chi connectivity index (χ3n) is 3.33. The van der Waals surface area contributed by atoms with Crippen molar-refractivity contribution < 1.29 is 0 Å². The largest absolute Gasteiger partial charge is 0.366 e. The van der Waals surface area contributed by atoms with Crippen LogP contribution in [0.2, 0.25) is 5.02 Å². The van der Waals surface area contributed by atoms with Crippen LogP contribution in [-0.4, -0.2) is 37.6 Å². The summed E-state index contributed by atoms with van der Waals surface area (Å²) in [7, 11) is 2.18. The fourth-order valence-electron chi connectivity index (χ4n) is 2.44. The molecule has 1 heterocycles. The highest BCUT2D eigenvalue weighted by atomic mass is 79.9. The van der Waals surface area contributed by atoms with Gasteiger partial charge < -0.3 is 9.80 Å². The molecule has 94 valence electrons. The fourth-order valence-corrected chi connectivity index (χ4v) is 3.08. The third-order valence-corrected chi connectivity index (χ3v) is 4.16. The quantitative estimate of drug-likeness (QED) is 0.772. The van der Waals surface area contributed by atoms with E-state index in [4.69, 9.17) is 11.6 Å². The number of anilines is 1. The van der Waals surface area contributed by atoms with Crippen LogP contribution in [-0.2, 0) is 5.33 Å². The average molecular weight is 318 g/mol. The SMILES string of the molecule is CC1CN(C)CCN1c1ccc(Cl)cc1CBr. The molecule has 1 aromatic rings. The van der Waals surface area contributed by atoms with E-state index in [1.165, 1.54) is 11.3 Å². The molecule has 17 heavy (non-hydrogen) atoms. The molecule has 0 amide bonds. The van der Waals surface area contributed by atoms with E-state index >= 15 is 0 Å². The number of nitrogens with zero attached hydrogens (tertiary/aromatic N) is 2. The van der Waals surface area contributed by atoms with Gasteiger partial charge in [0.25, 0.3) is 0 Å². The van der Waals surface area contributed by atoms with Crippen molar-refractivity contribution in [1.82, 2.24) is 4.90 Å². The van der Waals surface area contributed by atoms with E-state index in [-0.39, 0.29) is 0 Å². The van der Waals surface area contributed by atoms with Crippen molar-refractivity contribution in [3.05, 3.63) is 28.8 Å². The second-order valence-corrected chi connectivity index (χ2v) is 5.71. The molecule has 1 aliphatic rings. The Morgan fingerprint density at radius 1 is 1.41 bits per heavy atom. The van der Waals surface area contributed by atoms with Gasteiger partial charge in [-0.05, 0) is 37.7 Å². The maximum absolute atomic E-state index is 6.05. The Bertz CT molecular complexity index is 397. The monoisotopic (exact) mass is 316 g/mol. The van der Waals surface area contributed by atoms with Gasteiger partial charge in [0.05, 0.1) is 0 Å². The van der Waals surface area contributed by atoms with Gasteiger partial charge in [-0.1, -0.05) is 27.5 Å².